The summed E-state index contributed by atoms with van der Waals surface area (Å²) < 4.78 is 10.4. The van der Waals surface area contributed by atoms with Crippen LogP contribution in [0.5, 0.6) is 0 Å². The summed E-state index contributed by atoms with van der Waals surface area (Å²) >= 11 is 0. The Hall–Kier alpha value is -3.48. The number of aromatic nitrogens is 2. The zero-order valence-electron chi connectivity index (χ0n) is 15.4. The highest BCUT2D eigenvalue weighted by molar-refractivity contribution is 5.81. The van der Waals surface area contributed by atoms with Crippen molar-refractivity contribution in [2.75, 3.05) is 6.61 Å². The first-order valence-electron chi connectivity index (χ1n) is 8.97. The topological polar surface area (TPSA) is 98.3 Å². The number of rotatable bonds is 7. The van der Waals surface area contributed by atoms with Gasteiger partial charge >= 0.3 is 11.9 Å². The summed E-state index contributed by atoms with van der Waals surface area (Å²) in [5.74, 6) is -1.25. The van der Waals surface area contributed by atoms with Gasteiger partial charge in [0.2, 0.25) is 6.10 Å². The average molecular weight is 380 g/mol. The number of aryl methyl sites for hydroxylation is 1. The van der Waals surface area contributed by atoms with Crippen LogP contribution in [0.15, 0.2) is 59.4 Å². The molecule has 2 aromatic carbocycles. The van der Waals surface area contributed by atoms with Gasteiger partial charge in [-0.05, 0) is 19.1 Å². The molecule has 3 rings (SSSR count). The standard InChI is InChI=1S/C21H20N2O5/c1-2-27-21(26)19(14-8-4-3-5-9-14)28-18(24)13-12-17-20(25)23-16-11-7-6-10-15(16)22-17/h3-11,19H,2,12-13H2,1H3,(H,23,25). The van der Waals surface area contributed by atoms with Gasteiger partial charge in [-0.3, -0.25) is 9.59 Å². The molecule has 0 bridgehead atoms. The minimum atomic E-state index is -1.14. The first-order chi connectivity index (χ1) is 13.6. The van der Waals surface area contributed by atoms with E-state index in [2.05, 4.69) is 9.97 Å². The number of ether oxygens (including phenoxy) is 2. The number of carbonyl (C=O) groups is 2. The van der Waals surface area contributed by atoms with Crippen molar-refractivity contribution >= 4 is 23.0 Å². The van der Waals surface area contributed by atoms with Crippen LogP contribution in [0.1, 0.15) is 30.7 Å². The molecule has 0 amide bonds. The van der Waals surface area contributed by atoms with Crippen LogP contribution in [-0.2, 0) is 25.5 Å². The molecule has 1 unspecified atom stereocenters. The maximum atomic E-state index is 12.3. The van der Waals surface area contributed by atoms with Gasteiger partial charge in [0.25, 0.3) is 5.56 Å². The highest BCUT2D eigenvalue weighted by Crippen LogP contribution is 2.20. The molecule has 0 saturated heterocycles. The lowest BCUT2D eigenvalue weighted by Gasteiger charge is -2.16. The monoisotopic (exact) mass is 380 g/mol. The van der Waals surface area contributed by atoms with Gasteiger partial charge in [-0.1, -0.05) is 42.5 Å². The number of nitrogens with zero attached hydrogens (tertiary/aromatic N) is 1. The molecule has 0 aliphatic carbocycles. The first-order valence-corrected chi connectivity index (χ1v) is 8.97. The molecule has 1 atom stereocenters. The fraction of sp³-hybridized carbons (Fsp3) is 0.238. The van der Waals surface area contributed by atoms with E-state index in [1.807, 2.05) is 6.07 Å². The van der Waals surface area contributed by atoms with Crippen molar-refractivity contribution in [3.63, 3.8) is 0 Å². The second-order valence-corrected chi connectivity index (χ2v) is 6.06. The molecular formula is C21H20N2O5. The summed E-state index contributed by atoms with van der Waals surface area (Å²) in [5, 5.41) is 0. The third kappa shape index (κ3) is 4.62. The molecule has 0 radical (unpaired) electrons. The summed E-state index contributed by atoms with van der Waals surface area (Å²) in [6, 6.07) is 15.8. The van der Waals surface area contributed by atoms with Crippen LogP contribution in [0.25, 0.3) is 11.0 Å². The number of hydrogen-bond acceptors (Lipinski definition) is 6. The number of para-hydroxylation sites is 2. The van der Waals surface area contributed by atoms with Crippen molar-refractivity contribution in [3.8, 4) is 0 Å². The van der Waals surface area contributed by atoms with Crippen LogP contribution >= 0.6 is 0 Å². The van der Waals surface area contributed by atoms with Crippen molar-refractivity contribution < 1.29 is 19.1 Å². The van der Waals surface area contributed by atoms with Gasteiger partial charge < -0.3 is 14.5 Å². The zero-order valence-corrected chi connectivity index (χ0v) is 15.4. The van der Waals surface area contributed by atoms with E-state index in [0.29, 0.717) is 16.6 Å². The number of carbonyl (C=O) groups excluding carboxylic acids is 2. The van der Waals surface area contributed by atoms with Crippen molar-refractivity contribution in [2.24, 2.45) is 0 Å². The lowest BCUT2D eigenvalue weighted by molar-refractivity contribution is -0.168. The van der Waals surface area contributed by atoms with Crippen LogP contribution in [0.3, 0.4) is 0 Å². The van der Waals surface area contributed by atoms with E-state index in [1.54, 1.807) is 55.5 Å². The average Bonchev–Trinajstić information content (AvgIpc) is 2.71. The van der Waals surface area contributed by atoms with Gasteiger partial charge in [0, 0.05) is 12.0 Å². The Morgan fingerprint density at radius 2 is 1.79 bits per heavy atom. The predicted octanol–water partition coefficient (Wildman–Crippen LogP) is 2.70. The quantitative estimate of drug-likeness (QED) is 0.633. The van der Waals surface area contributed by atoms with Crippen molar-refractivity contribution in [3.05, 3.63) is 76.2 Å². The van der Waals surface area contributed by atoms with E-state index in [0.717, 1.165) is 0 Å². The number of aromatic amines is 1. The molecule has 7 heteroatoms. The van der Waals surface area contributed by atoms with Crippen LogP contribution in [0, 0.1) is 0 Å². The highest BCUT2D eigenvalue weighted by Gasteiger charge is 2.26. The first kappa shape index (κ1) is 19.3. The highest BCUT2D eigenvalue weighted by atomic mass is 16.6. The molecule has 3 aromatic rings. The van der Waals surface area contributed by atoms with E-state index in [1.165, 1.54) is 0 Å². The smallest absolute Gasteiger partial charge is 0.352 e. The maximum absolute atomic E-state index is 12.3. The van der Waals surface area contributed by atoms with Gasteiger partial charge in [-0.25, -0.2) is 9.78 Å². The Bertz CT molecular complexity index is 1030. The molecule has 0 aliphatic rings. The van der Waals surface area contributed by atoms with E-state index < -0.39 is 18.0 Å². The van der Waals surface area contributed by atoms with Crippen LogP contribution in [0.4, 0.5) is 0 Å². The number of H-pyrrole nitrogens is 1. The van der Waals surface area contributed by atoms with E-state index in [-0.39, 0.29) is 30.7 Å². The molecule has 144 valence electrons. The zero-order chi connectivity index (χ0) is 19.9. The van der Waals surface area contributed by atoms with Gasteiger partial charge in [-0.15, -0.1) is 0 Å². The lowest BCUT2D eigenvalue weighted by Crippen LogP contribution is -2.23. The number of hydrogen-bond donors (Lipinski definition) is 1. The molecule has 28 heavy (non-hydrogen) atoms. The number of esters is 2. The molecule has 0 spiro atoms. The molecule has 0 fully saturated rings. The molecule has 1 aromatic heterocycles. The Balaban J connectivity index is 1.70. The Labute approximate surface area is 161 Å². The Kier molecular flexibility index (Phi) is 6.16. The van der Waals surface area contributed by atoms with Crippen LogP contribution in [0.2, 0.25) is 0 Å². The number of benzene rings is 2. The largest absolute Gasteiger partial charge is 0.463 e. The summed E-state index contributed by atoms with van der Waals surface area (Å²) in [4.78, 5) is 43.7. The molecule has 7 nitrogen and oxygen atoms in total. The fourth-order valence-electron chi connectivity index (χ4n) is 2.75. The predicted molar refractivity (Wildman–Crippen MR) is 103 cm³/mol. The lowest BCUT2D eigenvalue weighted by atomic mass is 10.1. The van der Waals surface area contributed by atoms with Gasteiger partial charge in [0.15, 0.2) is 0 Å². The van der Waals surface area contributed by atoms with E-state index in [9.17, 15) is 14.4 Å². The summed E-state index contributed by atoms with van der Waals surface area (Å²) in [7, 11) is 0. The van der Waals surface area contributed by atoms with Gasteiger partial charge in [0.05, 0.1) is 24.1 Å². The molecule has 1 heterocycles. The minimum Gasteiger partial charge on any atom is -0.463 e. The van der Waals surface area contributed by atoms with Gasteiger partial charge in [0.1, 0.15) is 5.69 Å². The van der Waals surface area contributed by atoms with Crippen LogP contribution in [-0.4, -0.2) is 28.5 Å². The third-order valence-corrected chi connectivity index (χ3v) is 4.09. The SMILES string of the molecule is CCOC(=O)C(OC(=O)CCc1nc2ccccc2[nH]c1=O)c1ccccc1. The fourth-order valence-corrected chi connectivity index (χ4v) is 2.75. The number of nitrogens with one attached hydrogen (secondary N) is 1. The summed E-state index contributed by atoms with van der Waals surface area (Å²) in [5.41, 5.74) is 1.68. The third-order valence-electron chi connectivity index (χ3n) is 4.09. The van der Waals surface area contributed by atoms with E-state index in [4.69, 9.17) is 9.47 Å². The Morgan fingerprint density at radius 1 is 1.07 bits per heavy atom. The number of fused-ring (bicyclic) bond motifs is 1. The van der Waals surface area contributed by atoms with Crippen molar-refractivity contribution in [1.29, 1.82) is 0 Å². The normalized spacial score (nSPS) is 11.8. The second-order valence-electron chi connectivity index (χ2n) is 6.06. The second kappa shape index (κ2) is 8.94. The van der Waals surface area contributed by atoms with Crippen LogP contribution < -0.4 is 5.56 Å². The van der Waals surface area contributed by atoms with E-state index >= 15 is 0 Å². The molecule has 0 saturated carbocycles. The Morgan fingerprint density at radius 3 is 2.54 bits per heavy atom. The summed E-state index contributed by atoms with van der Waals surface area (Å²) in [6.07, 6.45) is -1.13. The van der Waals surface area contributed by atoms with Crippen molar-refractivity contribution in [1.82, 2.24) is 9.97 Å². The summed E-state index contributed by atoms with van der Waals surface area (Å²) in [6.45, 7) is 1.86. The van der Waals surface area contributed by atoms with Gasteiger partial charge in [-0.2, -0.15) is 0 Å². The molecule has 1 N–H and O–H groups in total. The minimum absolute atomic E-state index is 0.0862. The maximum Gasteiger partial charge on any atom is 0.352 e. The van der Waals surface area contributed by atoms with Crippen molar-refractivity contribution in [2.45, 2.75) is 25.9 Å². The molecular weight excluding hydrogens is 360 g/mol. The molecule has 0 aliphatic heterocycles.